The Hall–Kier alpha value is -2.31. The first kappa shape index (κ1) is 21.0. The van der Waals surface area contributed by atoms with Gasteiger partial charge in [0.2, 0.25) is 0 Å². The van der Waals surface area contributed by atoms with Crippen molar-refractivity contribution in [2.45, 2.75) is 58.9 Å². The van der Waals surface area contributed by atoms with Gasteiger partial charge in [-0.15, -0.1) is 0 Å². The van der Waals surface area contributed by atoms with Crippen molar-refractivity contribution in [3.63, 3.8) is 0 Å². The molecule has 0 radical (unpaired) electrons. The first-order chi connectivity index (χ1) is 12.8. The maximum atomic E-state index is 12.2. The lowest BCUT2D eigenvalue weighted by atomic mass is 9.69. The molecule has 1 aliphatic rings. The summed E-state index contributed by atoms with van der Waals surface area (Å²) >= 11 is 0. The Morgan fingerprint density at radius 1 is 1.26 bits per heavy atom. The standard InChI is InChI=1S/C20H30N2O5/c1-5-20(2,3)14-6-8-15(9-7-14)21-19(23)13-27-18-12-16(22(24)25)10-11-17(18)26-4/h10-12,14-15H,5-9,13H2,1-4H3,(H,21,23). The topological polar surface area (TPSA) is 90.7 Å². The van der Waals surface area contributed by atoms with Crippen LogP contribution in [0.3, 0.4) is 0 Å². The van der Waals surface area contributed by atoms with Crippen molar-refractivity contribution in [2.24, 2.45) is 11.3 Å². The fourth-order valence-corrected chi connectivity index (χ4v) is 3.61. The highest BCUT2D eigenvalue weighted by Gasteiger charge is 2.32. The first-order valence-electron chi connectivity index (χ1n) is 9.51. The van der Waals surface area contributed by atoms with E-state index < -0.39 is 4.92 Å². The maximum absolute atomic E-state index is 12.2. The van der Waals surface area contributed by atoms with E-state index in [0.717, 1.165) is 32.1 Å². The molecule has 7 heteroatoms. The van der Waals surface area contributed by atoms with E-state index in [4.69, 9.17) is 9.47 Å². The van der Waals surface area contributed by atoms with Crippen LogP contribution in [0.4, 0.5) is 5.69 Å². The van der Waals surface area contributed by atoms with E-state index in [1.54, 1.807) is 0 Å². The Kier molecular flexibility index (Phi) is 7.05. The summed E-state index contributed by atoms with van der Waals surface area (Å²) in [4.78, 5) is 22.6. The summed E-state index contributed by atoms with van der Waals surface area (Å²) in [6.45, 7) is 6.67. The van der Waals surface area contributed by atoms with Crippen LogP contribution in [0.25, 0.3) is 0 Å². The van der Waals surface area contributed by atoms with Crippen LogP contribution in [0.15, 0.2) is 18.2 Å². The average Bonchev–Trinajstić information content (AvgIpc) is 2.66. The largest absolute Gasteiger partial charge is 0.493 e. The lowest BCUT2D eigenvalue weighted by Crippen LogP contribution is -2.41. The molecule has 0 saturated heterocycles. The molecular formula is C20H30N2O5. The number of methoxy groups -OCH3 is 1. The van der Waals surface area contributed by atoms with Gasteiger partial charge in [-0.05, 0) is 43.1 Å². The van der Waals surface area contributed by atoms with Crippen molar-refractivity contribution in [3.05, 3.63) is 28.3 Å². The summed E-state index contributed by atoms with van der Waals surface area (Å²) in [6, 6.07) is 4.23. The molecule has 2 rings (SSSR count). The Morgan fingerprint density at radius 2 is 1.93 bits per heavy atom. The summed E-state index contributed by atoms with van der Waals surface area (Å²) < 4.78 is 10.6. The molecule has 0 unspecified atom stereocenters. The van der Waals surface area contributed by atoms with Crippen LogP contribution < -0.4 is 14.8 Å². The van der Waals surface area contributed by atoms with Crippen LogP contribution in [0.1, 0.15) is 52.9 Å². The number of carbonyl (C=O) groups excluding carboxylic acids is 1. The van der Waals surface area contributed by atoms with E-state index in [1.807, 2.05) is 0 Å². The molecule has 1 N–H and O–H groups in total. The highest BCUT2D eigenvalue weighted by atomic mass is 16.6. The lowest BCUT2D eigenvalue weighted by Gasteiger charge is -2.39. The zero-order valence-corrected chi connectivity index (χ0v) is 16.6. The molecule has 0 aromatic heterocycles. The van der Waals surface area contributed by atoms with Gasteiger partial charge in [0.1, 0.15) is 0 Å². The second-order valence-corrected chi connectivity index (χ2v) is 7.84. The molecule has 1 aromatic rings. The van der Waals surface area contributed by atoms with Gasteiger partial charge in [-0.25, -0.2) is 0 Å². The predicted molar refractivity (Wildman–Crippen MR) is 103 cm³/mol. The van der Waals surface area contributed by atoms with Gasteiger partial charge < -0.3 is 14.8 Å². The van der Waals surface area contributed by atoms with Crippen molar-refractivity contribution in [3.8, 4) is 11.5 Å². The molecule has 27 heavy (non-hydrogen) atoms. The molecule has 1 fully saturated rings. The summed E-state index contributed by atoms with van der Waals surface area (Å²) in [7, 11) is 1.45. The zero-order valence-electron chi connectivity index (χ0n) is 16.6. The Labute approximate surface area is 160 Å². The number of nitro benzene ring substituents is 1. The number of amides is 1. The quantitative estimate of drug-likeness (QED) is 0.543. The summed E-state index contributed by atoms with van der Waals surface area (Å²) in [5.74, 6) is 1.02. The minimum Gasteiger partial charge on any atom is -0.493 e. The fourth-order valence-electron chi connectivity index (χ4n) is 3.61. The van der Waals surface area contributed by atoms with Gasteiger partial charge in [0, 0.05) is 12.1 Å². The SMILES string of the molecule is CCC(C)(C)C1CCC(NC(=O)COc2cc([N+](=O)[O-])ccc2OC)CC1. The third-order valence-corrected chi connectivity index (χ3v) is 5.83. The van der Waals surface area contributed by atoms with Gasteiger partial charge in [-0.3, -0.25) is 14.9 Å². The minimum absolute atomic E-state index is 0.108. The van der Waals surface area contributed by atoms with E-state index >= 15 is 0 Å². The molecule has 0 heterocycles. The van der Waals surface area contributed by atoms with Crippen molar-refractivity contribution < 1.29 is 19.2 Å². The normalized spacial score (nSPS) is 20.0. The van der Waals surface area contributed by atoms with Crippen LogP contribution in [0, 0.1) is 21.4 Å². The third-order valence-electron chi connectivity index (χ3n) is 5.83. The highest BCUT2D eigenvalue weighted by Crippen LogP contribution is 2.40. The molecule has 1 aromatic carbocycles. The van der Waals surface area contributed by atoms with E-state index in [2.05, 4.69) is 26.1 Å². The zero-order chi connectivity index (χ0) is 20.0. The van der Waals surface area contributed by atoms with Crippen LogP contribution >= 0.6 is 0 Å². The molecule has 1 saturated carbocycles. The maximum Gasteiger partial charge on any atom is 0.273 e. The van der Waals surface area contributed by atoms with E-state index in [0.29, 0.717) is 17.1 Å². The summed E-state index contributed by atoms with van der Waals surface area (Å²) in [6.07, 6.45) is 5.34. The number of hydrogen-bond acceptors (Lipinski definition) is 5. The number of benzene rings is 1. The Bertz CT molecular complexity index is 666. The number of rotatable bonds is 8. The molecule has 0 atom stereocenters. The van der Waals surface area contributed by atoms with Crippen molar-refractivity contribution >= 4 is 11.6 Å². The smallest absolute Gasteiger partial charge is 0.273 e. The minimum atomic E-state index is -0.511. The molecule has 0 spiro atoms. The molecule has 150 valence electrons. The average molecular weight is 378 g/mol. The molecule has 0 aliphatic heterocycles. The summed E-state index contributed by atoms with van der Waals surface area (Å²) in [5.41, 5.74) is 0.236. The Balaban J connectivity index is 1.85. The van der Waals surface area contributed by atoms with Gasteiger partial charge >= 0.3 is 0 Å². The number of nitrogens with zero attached hydrogens (tertiary/aromatic N) is 1. The van der Waals surface area contributed by atoms with Crippen molar-refractivity contribution in [1.29, 1.82) is 0 Å². The van der Waals surface area contributed by atoms with E-state index in [1.165, 1.54) is 25.3 Å². The number of nitro groups is 1. The van der Waals surface area contributed by atoms with E-state index in [9.17, 15) is 14.9 Å². The van der Waals surface area contributed by atoms with Crippen LogP contribution in [-0.2, 0) is 4.79 Å². The highest BCUT2D eigenvalue weighted by molar-refractivity contribution is 5.78. The molecular weight excluding hydrogens is 348 g/mol. The second-order valence-electron chi connectivity index (χ2n) is 7.84. The number of non-ortho nitro benzene ring substituents is 1. The monoisotopic (exact) mass is 378 g/mol. The number of carbonyl (C=O) groups is 1. The molecule has 1 aliphatic carbocycles. The number of ether oxygens (including phenoxy) is 2. The van der Waals surface area contributed by atoms with Crippen molar-refractivity contribution in [2.75, 3.05) is 13.7 Å². The fraction of sp³-hybridized carbons (Fsp3) is 0.650. The number of hydrogen-bond donors (Lipinski definition) is 1. The predicted octanol–water partition coefficient (Wildman–Crippen LogP) is 4.09. The lowest BCUT2D eigenvalue weighted by molar-refractivity contribution is -0.385. The molecule has 1 amide bonds. The van der Waals surface area contributed by atoms with Crippen LogP contribution in [-0.4, -0.2) is 30.6 Å². The van der Waals surface area contributed by atoms with Gasteiger partial charge in [0.05, 0.1) is 18.1 Å². The van der Waals surface area contributed by atoms with E-state index in [-0.39, 0.29) is 30.0 Å². The number of nitrogens with one attached hydrogen (secondary N) is 1. The summed E-state index contributed by atoms with van der Waals surface area (Å²) in [5, 5.41) is 13.9. The second kappa shape index (κ2) is 9.06. The molecule has 0 bridgehead atoms. The molecule has 7 nitrogen and oxygen atoms in total. The van der Waals surface area contributed by atoms with Gasteiger partial charge in [0.15, 0.2) is 18.1 Å². The van der Waals surface area contributed by atoms with Gasteiger partial charge in [-0.1, -0.05) is 27.2 Å². The van der Waals surface area contributed by atoms with Gasteiger partial charge in [0.25, 0.3) is 11.6 Å². The Morgan fingerprint density at radius 3 is 2.48 bits per heavy atom. The van der Waals surface area contributed by atoms with Gasteiger partial charge in [-0.2, -0.15) is 0 Å². The van der Waals surface area contributed by atoms with Crippen molar-refractivity contribution in [1.82, 2.24) is 5.32 Å². The first-order valence-corrected chi connectivity index (χ1v) is 9.51. The van der Waals surface area contributed by atoms with Crippen LogP contribution in [0.2, 0.25) is 0 Å². The third kappa shape index (κ3) is 5.58. The van der Waals surface area contributed by atoms with Crippen LogP contribution in [0.5, 0.6) is 11.5 Å².